The van der Waals surface area contributed by atoms with Crippen molar-refractivity contribution in [2.24, 2.45) is 0 Å². The van der Waals surface area contributed by atoms with Crippen LogP contribution in [0, 0.1) is 27.7 Å². The molecule has 0 saturated carbocycles. The van der Waals surface area contributed by atoms with E-state index >= 15 is 0 Å². The molecule has 0 amide bonds. The average molecular weight is 290 g/mol. The van der Waals surface area contributed by atoms with Gasteiger partial charge >= 0.3 is 0 Å². The zero-order chi connectivity index (χ0) is 15.4. The van der Waals surface area contributed by atoms with Gasteiger partial charge in [-0.2, -0.15) is 10.2 Å². The maximum atomic E-state index is 4.49. The fourth-order valence-electron chi connectivity index (χ4n) is 2.53. The summed E-state index contributed by atoms with van der Waals surface area (Å²) < 4.78 is 4.04. The highest BCUT2D eigenvalue weighted by molar-refractivity contribution is 5.06. The maximum absolute atomic E-state index is 4.49. The number of nitrogens with zero attached hydrogens (tertiary/aromatic N) is 5. The third kappa shape index (κ3) is 4.39. The highest BCUT2D eigenvalue weighted by Crippen LogP contribution is 2.03. The van der Waals surface area contributed by atoms with Crippen LogP contribution in [-0.2, 0) is 13.1 Å². The highest BCUT2D eigenvalue weighted by Gasteiger charge is 2.07. The van der Waals surface area contributed by atoms with E-state index in [1.807, 2.05) is 25.5 Å². The number of nitrogens with one attached hydrogen (secondary N) is 1. The SMILES string of the molecule is Cc1cc(C)n(CC(C)NCCCn2nc(C)nc2C)n1. The predicted octanol–water partition coefficient (Wildman–Crippen LogP) is 1.78. The first kappa shape index (κ1) is 15.7. The first-order chi connectivity index (χ1) is 9.95. The second-order valence-electron chi connectivity index (χ2n) is 5.75. The molecule has 116 valence electrons. The van der Waals surface area contributed by atoms with E-state index in [1.165, 1.54) is 5.69 Å². The van der Waals surface area contributed by atoms with Gasteiger partial charge in [0.2, 0.25) is 0 Å². The summed E-state index contributed by atoms with van der Waals surface area (Å²) in [6, 6.07) is 2.52. The number of hydrogen-bond acceptors (Lipinski definition) is 4. The number of aromatic nitrogens is 5. The van der Waals surface area contributed by atoms with E-state index < -0.39 is 0 Å². The first-order valence-electron chi connectivity index (χ1n) is 7.58. The summed E-state index contributed by atoms with van der Waals surface area (Å²) in [5, 5.41) is 12.4. The Labute approximate surface area is 126 Å². The van der Waals surface area contributed by atoms with Crippen LogP contribution in [0.5, 0.6) is 0 Å². The molecule has 21 heavy (non-hydrogen) atoms. The van der Waals surface area contributed by atoms with Crippen molar-refractivity contribution in [1.82, 2.24) is 29.9 Å². The molecule has 0 aliphatic carbocycles. The minimum Gasteiger partial charge on any atom is -0.312 e. The first-order valence-corrected chi connectivity index (χ1v) is 7.58. The van der Waals surface area contributed by atoms with Gasteiger partial charge in [0, 0.05) is 18.3 Å². The third-order valence-electron chi connectivity index (χ3n) is 3.55. The van der Waals surface area contributed by atoms with E-state index in [1.54, 1.807) is 0 Å². The molecule has 6 nitrogen and oxygen atoms in total. The second-order valence-corrected chi connectivity index (χ2v) is 5.75. The Balaban J connectivity index is 1.71. The molecule has 0 bridgehead atoms. The van der Waals surface area contributed by atoms with E-state index in [-0.39, 0.29) is 0 Å². The third-order valence-corrected chi connectivity index (χ3v) is 3.55. The summed E-state index contributed by atoms with van der Waals surface area (Å²) in [4.78, 5) is 4.31. The summed E-state index contributed by atoms with van der Waals surface area (Å²) in [5.41, 5.74) is 2.30. The van der Waals surface area contributed by atoms with E-state index in [2.05, 4.69) is 45.1 Å². The molecule has 1 unspecified atom stereocenters. The van der Waals surface area contributed by atoms with E-state index in [0.29, 0.717) is 6.04 Å². The molecule has 2 aromatic heterocycles. The van der Waals surface area contributed by atoms with Gasteiger partial charge in [-0.25, -0.2) is 4.98 Å². The molecule has 0 spiro atoms. The Bertz CT molecular complexity index is 583. The lowest BCUT2D eigenvalue weighted by Crippen LogP contribution is -2.32. The molecule has 0 saturated heterocycles. The summed E-state index contributed by atoms with van der Waals surface area (Å²) >= 11 is 0. The van der Waals surface area contributed by atoms with Crippen molar-refractivity contribution in [3.05, 3.63) is 29.1 Å². The highest BCUT2D eigenvalue weighted by atomic mass is 15.3. The van der Waals surface area contributed by atoms with Crippen LogP contribution in [0.15, 0.2) is 6.07 Å². The average Bonchev–Trinajstić information content (AvgIpc) is 2.87. The van der Waals surface area contributed by atoms with Crippen LogP contribution in [0.4, 0.5) is 0 Å². The van der Waals surface area contributed by atoms with Crippen LogP contribution < -0.4 is 5.32 Å². The molecule has 1 atom stereocenters. The van der Waals surface area contributed by atoms with Crippen LogP contribution in [0.1, 0.15) is 36.4 Å². The molecular formula is C15H26N6. The Morgan fingerprint density at radius 2 is 1.90 bits per heavy atom. The summed E-state index contributed by atoms with van der Waals surface area (Å²) in [7, 11) is 0. The Morgan fingerprint density at radius 3 is 2.48 bits per heavy atom. The summed E-state index contributed by atoms with van der Waals surface area (Å²) in [5.74, 6) is 1.83. The molecule has 2 rings (SSSR count). The van der Waals surface area contributed by atoms with Gasteiger partial charge in [-0.1, -0.05) is 0 Å². The lowest BCUT2D eigenvalue weighted by molar-refractivity contribution is 0.429. The zero-order valence-corrected chi connectivity index (χ0v) is 13.7. The number of hydrogen-bond donors (Lipinski definition) is 1. The number of rotatable bonds is 7. The molecule has 2 aromatic rings. The lowest BCUT2D eigenvalue weighted by atomic mass is 10.3. The quantitative estimate of drug-likeness (QED) is 0.790. The smallest absolute Gasteiger partial charge is 0.147 e. The molecule has 0 radical (unpaired) electrons. The monoisotopic (exact) mass is 290 g/mol. The fraction of sp³-hybridized carbons (Fsp3) is 0.667. The van der Waals surface area contributed by atoms with Crippen LogP contribution in [-0.4, -0.2) is 37.1 Å². The van der Waals surface area contributed by atoms with Gasteiger partial charge in [0.15, 0.2) is 0 Å². The minimum absolute atomic E-state index is 0.404. The maximum Gasteiger partial charge on any atom is 0.147 e. The fourth-order valence-corrected chi connectivity index (χ4v) is 2.53. The van der Waals surface area contributed by atoms with Crippen LogP contribution in [0.3, 0.4) is 0 Å². The van der Waals surface area contributed by atoms with E-state index in [0.717, 1.165) is 43.4 Å². The molecule has 1 N–H and O–H groups in total. The predicted molar refractivity (Wildman–Crippen MR) is 83.3 cm³/mol. The largest absolute Gasteiger partial charge is 0.312 e. The van der Waals surface area contributed by atoms with Crippen molar-refractivity contribution in [2.45, 2.75) is 60.2 Å². The standard InChI is InChI=1S/C15H26N6/c1-11-9-13(3)21(18-11)10-12(2)16-7-6-8-20-15(5)17-14(4)19-20/h9,12,16H,6-8,10H2,1-5H3. The normalized spacial score (nSPS) is 12.8. The van der Waals surface area contributed by atoms with Gasteiger partial charge in [0.05, 0.1) is 12.2 Å². The van der Waals surface area contributed by atoms with Gasteiger partial charge in [-0.3, -0.25) is 9.36 Å². The summed E-state index contributed by atoms with van der Waals surface area (Å²) in [6.07, 6.45) is 1.05. The molecular weight excluding hydrogens is 264 g/mol. The van der Waals surface area contributed by atoms with Crippen molar-refractivity contribution in [1.29, 1.82) is 0 Å². The summed E-state index contributed by atoms with van der Waals surface area (Å²) in [6.45, 7) is 13.0. The Morgan fingerprint density at radius 1 is 1.14 bits per heavy atom. The molecule has 2 heterocycles. The Kier molecular flexibility index (Phi) is 5.12. The van der Waals surface area contributed by atoms with Crippen molar-refractivity contribution in [3.8, 4) is 0 Å². The molecule has 0 aliphatic heterocycles. The van der Waals surface area contributed by atoms with Crippen LogP contribution in [0.25, 0.3) is 0 Å². The van der Waals surface area contributed by atoms with Crippen molar-refractivity contribution >= 4 is 0 Å². The van der Waals surface area contributed by atoms with Crippen molar-refractivity contribution < 1.29 is 0 Å². The van der Waals surface area contributed by atoms with Crippen molar-refractivity contribution in [3.63, 3.8) is 0 Å². The molecule has 0 aromatic carbocycles. The number of aryl methyl sites for hydroxylation is 5. The molecule has 6 heteroatoms. The Hall–Kier alpha value is -1.69. The van der Waals surface area contributed by atoms with E-state index in [4.69, 9.17) is 0 Å². The second kappa shape index (κ2) is 6.85. The van der Waals surface area contributed by atoms with Gasteiger partial charge < -0.3 is 5.32 Å². The van der Waals surface area contributed by atoms with Gasteiger partial charge in [0.25, 0.3) is 0 Å². The minimum atomic E-state index is 0.404. The topological polar surface area (TPSA) is 60.6 Å². The van der Waals surface area contributed by atoms with Gasteiger partial charge in [0.1, 0.15) is 11.6 Å². The molecule has 0 fully saturated rings. The zero-order valence-electron chi connectivity index (χ0n) is 13.7. The van der Waals surface area contributed by atoms with Crippen molar-refractivity contribution in [2.75, 3.05) is 6.54 Å². The van der Waals surface area contributed by atoms with Crippen LogP contribution in [0.2, 0.25) is 0 Å². The van der Waals surface area contributed by atoms with Crippen LogP contribution >= 0.6 is 0 Å². The lowest BCUT2D eigenvalue weighted by Gasteiger charge is -2.15. The van der Waals surface area contributed by atoms with E-state index in [9.17, 15) is 0 Å². The molecule has 0 aliphatic rings. The van der Waals surface area contributed by atoms with Gasteiger partial charge in [-0.15, -0.1) is 0 Å². The van der Waals surface area contributed by atoms with Gasteiger partial charge in [-0.05, 0) is 53.7 Å².